The molecule has 2 bridgehead atoms. The SMILES string of the molecule is C[C@H]1NC/C=C/c2cnc(N)c3c(-c4ccc(C(=O)Nc5cc(C(F)(F)F)ccn5)cc4)nn(c23)[C@@H]2CCC[C@H](C2)NC1=O. The quantitative estimate of drug-likeness (QED) is 0.259. The Morgan fingerprint density at radius 3 is 2.70 bits per heavy atom. The number of benzene rings is 1. The monoisotopic (exact) mass is 604 g/mol. The van der Waals surface area contributed by atoms with Crippen LogP contribution in [0.3, 0.4) is 0 Å². The summed E-state index contributed by atoms with van der Waals surface area (Å²) in [5.74, 6) is -0.532. The number of halogens is 3. The summed E-state index contributed by atoms with van der Waals surface area (Å²) in [5, 5.41) is 14.6. The Morgan fingerprint density at radius 2 is 1.93 bits per heavy atom. The van der Waals surface area contributed by atoms with Gasteiger partial charge in [-0.05, 0) is 56.9 Å². The highest BCUT2D eigenvalue weighted by atomic mass is 19.4. The minimum atomic E-state index is -4.56. The lowest BCUT2D eigenvalue weighted by Crippen LogP contribution is -2.47. The van der Waals surface area contributed by atoms with E-state index in [1.165, 1.54) is 0 Å². The van der Waals surface area contributed by atoms with E-state index in [2.05, 4.69) is 25.9 Å². The van der Waals surface area contributed by atoms with E-state index in [4.69, 9.17) is 10.8 Å². The van der Waals surface area contributed by atoms with E-state index in [1.54, 1.807) is 30.5 Å². The van der Waals surface area contributed by atoms with Crippen molar-refractivity contribution in [3.8, 4) is 11.3 Å². The Hall–Kier alpha value is -4.78. The maximum atomic E-state index is 13.1. The van der Waals surface area contributed by atoms with Crippen LogP contribution < -0.4 is 21.7 Å². The van der Waals surface area contributed by atoms with Crippen molar-refractivity contribution in [3.05, 3.63) is 71.6 Å². The third kappa shape index (κ3) is 5.87. The van der Waals surface area contributed by atoms with Crippen molar-refractivity contribution < 1.29 is 22.8 Å². The molecule has 3 atom stereocenters. The molecule has 3 aromatic heterocycles. The molecule has 6 rings (SSSR count). The minimum absolute atomic E-state index is 0.00767. The van der Waals surface area contributed by atoms with E-state index in [0.717, 1.165) is 48.7 Å². The number of nitrogens with zero attached hydrogens (tertiary/aromatic N) is 4. The first-order chi connectivity index (χ1) is 21.1. The Morgan fingerprint density at radius 1 is 1.14 bits per heavy atom. The maximum Gasteiger partial charge on any atom is 0.416 e. The molecular formula is C31H31F3N8O2. The molecule has 1 saturated carbocycles. The number of aromatic nitrogens is 4. The lowest BCUT2D eigenvalue weighted by atomic mass is 9.90. The first-order valence-corrected chi connectivity index (χ1v) is 14.4. The molecule has 10 nitrogen and oxygen atoms in total. The van der Waals surface area contributed by atoms with Gasteiger partial charge in [0, 0.05) is 41.7 Å². The molecule has 0 unspecified atom stereocenters. The number of anilines is 2. The van der Waals surface area contributed by atoms with Crippen LogP contribution >= 0.6 is 0 Å². The van der Waals surface area contributed by atoms with Crippen LogP contribution in [-0.4, -0.2) is 50.2 Å². The zero-order valence-electron chi connectivity index (χ0n) is 23.9. The lowest BCUT2D eigenvalue weighted by Gasteiger charge is -2.31. The molecule has 0 saturated heterocycles. The van der Waals surface area contributed by atoms with Gasteiger partial charge in [-0.15, -0.1) is 0 Å². The largest absolute Gasteiger partial charge is 0.416 e. The number of amides is 2. The van der Waals surface area contributed by atoms with E-state index >= 15 is 0 Å². The average molecular weight is 605 g/mol. The topological polar surface area (TPSA) is 140 Å². The van der Waals surface area contributed by atoms with E-state index < -0.39 is 17.6 Å². The van der Waals surface area contributed by atoms with Gasteiger partial charge < -0.3 is 21.7 Å². The van der Waals surface area contributed by atoms with Crippen LogP contribution in [0.15, 0.2) is 54.9 Å². The number of fused-ring (bicyclic) bond motifs is 3. The fourth-order valence-corrected chi connectivity index (χ4v) is 5.82. The molecular weight excluding hydrogens is 573 g/mol. The third-order valence-corrected chi connectivity index (χ3v) is 8.10. The van der Waals surface area contributed by atoms with E-state index in [0.29, 0.717) is 35.4 Å². The van der Waals surface area contributed by atoms with Gasteiger partial charge in [-0.1, -0.05) is 24.3 Å². The number of carbonyl (C=O) groups is 2. The smallest absolute Gasteiger partial charge is 0.383 e. The second-order valence-corrected chi connectivity index (χ2v) is 11.1. The highest BCUT2D eigenvalue weighted by Gasteiger charge is 2.32. The normalized spacial score (nSPS) is 21.5. The van der Waals surface area contributed by atoms with Crippen molar-refractivity contribution in [3.63, 3.8) is 0 Å². The number of alkyl halides is 3. The summed E-state index contributed by atoms with van der Waals surface area (Å²) >= 11 is 0. The highest BCUT2D eigenvalue weighted by Crippen LogP contribution is 2.39. The van der Waals surface area contributed by atoms with Crippen molar-refractivity contribution in [2.75, 3.05) is 17.6 Å². The standard InChI is InChI=1S/C31H31F3N8O2/c1-17-29(43)39-22-5-2-6-23(15-22)42-27-20(4-3-12-36-17)16-38-28(35)25(27)26(41-42)18-7-9-19(10-8-18)30(44)40-24-14-21(11-13-37-24)31(32,33)34/h3-4,7-11,13-14,16-17,22-23,36H,2,5-6,12,15H2,1H3,(H2,35,38)(H,39,43)(H,37,40,44)/b4-3+/t17-,22-,23-/m1/s1. The third-order valence-electron chi connectivity index (χ3n) is 8.10. The number of rotatable bonds is 3. The molecule has 44 heavy (non-hydrogen) atoms. The van der Waals surface area contributed by atoms with Crippen LogP contribution in [0.5, 0.6) is 0 Å². The predicted octanol–water partition coefficient (Wildman–Crippen LogP) is 4.95. The molecule has 0 radical (unpaired) electrons. The second kappa shape index (κ2) is 11.7. The summed E-state index contributed by atoms with van der Waals surface area (Å²) in [7, 11) is 0. The molecule has 2 amide bonds. The maximum absolute atomic E-state index is 13.1. The van der Waals surface area contributed by atoms with E-state index in [-0.39, 0.29) is 35.4 Å². The van der Waals surface area contributed by atoms with Crippen LogP contribution in [0.25, 0.3) is 28.2 Å². The molecule has 1 aromatic carbocycles. The fourth-order valence-electron chi connectivity index (χ4n) is 5.82. The predicted molar refractivity (Wildman–Crippen MR) is 161 cm³/mol. The molecule has 1 aliphatic carbocycles. The van der Waals surface area contributed by atoms with Crippen molar-refractivity contribution in [2.45, 2.75) is 56.9 Å². The summed E-state index contributed by atoms with van der Waals surface area (Å²) in [4.78, 5) is 33.9. The first kappa shape index (κ1) is 29.3. The molecule has 13 heteroatoms. The number of carbonyl (C=O) groups excluding carboxylic acids is 2. The van der Waals surface area contributed by atoms with Crippen LogP contribution in [-0.2, 0) is 11.0 Å². The van der Waals surface area contributed by atoms with Crippen LogP contribution in [0.4, 0.5) is 24.8 Å². The summed E-state index contributed by atoms with van der Waals surface area (Å²) in [5.41, 5.74) is 8.74. The fraction of sp³-hybridized carbons (Fsp3) is 0.323. The van der Waals surface area contributed by atoms with E-state index in [1.807, 2.05) is 23.8 Å². The van der Waals surface area contributed by atoms with Gasteiger partial charge in [-0.25, -0.2) is 9.97 Å². The molecule has 1 aliphatic heterocycles. The Labute approximate surface area is 250 Å². The van der Waals surface area contributed by atoms with Gasteiger partial charge in [-0.2, -0.15) is 18.3 Å². The minimum Gasteiger partial charge on any atom is -0.383 e. The summed E-state index contributed by atoms with van der Waals surface area (Å²) in [6.45, 7) is 2.33. The van der Waals surface area contributed by atoms with Gasteiger partial charge in [-0.3, -0.25) is 14.3 Å². The number of nitrogens with one attached hydrogen (secondary N) is 3. The van der Waals surface area contributed by atoms with Gasteiger partial charge in [0.1, 0.15) is 17.3 Å². The Bertz CT molecular complexity index is 1750. The summed E-state index contributed by atoms with van der Waals surface area (Å²) < 4.78 is 41.2. The second-order valence-electron chi connectivity index (χ2n) is 11.1. The van der Waals surface area contributed by atoms with Gasteiger partial charge in [0.15, 0.2) is 0 Å². The van der Waals surface area contributed by atoms with Crippen molar-refractivity contribution in [1.82, 2.24) is 30.4 Å². The molecule has 4 aromatic rings. The number of hydrogen-bond donors (Lipinski definition) is 4. The van der Waals surface area contributed by atoms with Gasteiger partial charge >= 0.3 is 6.18 Å². The number of pyridine rings is 2. The lowest BCUT2D eigenvalue weighted by molar-refractivity contribution is -0.137. The molecule has 1 fully saturated rings. The number of nitrogen functional groups attached to an aromatic ring is 1. The summed E-state index contributed by atoms with van der Waals surface area (Å²) in [6, 6.07) is 7.89. The number of nitrogens with two attached hydrogens (primary N) is 1. The number of hydrogen-bond acceptors (Lipinski definition) is 7. The Balaban J connectivity index is 1.36. The van der Waals surface area contributed by atoms with E-state index in [9.17, 15) is 22.8 Å². The zero-order chi connectivity index (χ0) is 31.0. The van der Waals surface area contributed by atoms with Crippen molar-refractivity contribution in [2.24, 2.45) is 0 Å². The van der Waals surface area contributed by atoms with Gasteiger partial charge in [0.05, 0.1) is 28.6 Å². The highest BCUT2D eigenvalue weighted by molar-refractivity contribution is 6.06. The van der Waals surface area contributed by atoms with Gasteiger partial charge in [0.2, 0.25) is 5.91 Å². The van der Waals surface area contributed by atoms with Crippen molar-refractivity contribution in [1.29, 1.82) is 0 Å². The molecule has 228 valence electrons. The van der Waals surface area contributed by atoms with Crippen LogP contribution in [0, 0.1) is 0 Å². The Kier molecular flexibility index (Phi) is 7.80. The molecule has 5 N–H and O–H groups in total. The zero-order valence-corrected chi connectivity index (χ0v) is 23.9. The summed E-state index contributed by atoms with van der Waals surface area (Å²) in [6.07, 6.45) is 5.44. The van der Waals surface area contributed by atoms with Gasteiger partial charge in [0.25, 0.3) is 5.91 Å². The molecule has 4 heterocycles. The van der Waals surface area contributed by atoms with Crippen molar-refractivity contribution >= 4 is 40.4 Å². The molecule has 0 spiro atoms. The molecule has 2 aliphatic rings. The average Bonchev–Trinajstić information content (AvgIpc) is 3.42. The van der Waals surface area contributed by atoms with Crippen LogP contribution in [0.1, 0.15) is 60.1 Å². The first-order valence-electron chi connectivity index (χ1n) is 14.4. The van der Waals surface area contributed by atoms with Crippen LogP contribution in [0.2, 0.25) is 0 Å².